The molecule has 1 heterocycles. The zero-order valence-corrected chi connectivity index (χ0v) is 8.69. The highest BCUT2D eigenvalue weighted by Crippen LogP contribution is 2.20. The molecular weight excluding hydrogens is 194 g/mol. The molecule has 5 heteroatoms. The molecular formula is C7H11NO2S2. The number of nitrogens with zero attached hydrogens (tertiary/aromatic N) is 1. The highest BCUT2D eigenvalue weighted by atomic mass is 33.1. The predicted molar refractivity (Wildman–Crippen MR) is 52.7 cm³/mol. The van der Waals surface area contributed by atoms with E-state index in [9.17, 15) is 0 Å². The van der Waals surface area contributed by atoms with Crippen LogP contribution in [0.15, 0.2) is 10.6 Å². The quantitative estimate of drug-likeness (QED) is 0.465. The number of thiol groups is 1. The van der Waals surface area contributed by atoms with Crippen LogP contribution in [0.3, 0.4) is 0 Å². The molecule has 0 saturated heterocycles. The molecule has 0 unspecified atom stereocenters. The fourth-order valence-corrected chi connectivity index (χ4v) is 0.992. The Morgan fingerprint density at radius 2 is 2.50 bits per heavy atom. The lowest BCUT2D eigenvalue weighted by molar-refractivity contribution is 0.266. The van der Waals surface area contributed by atoms with E-state index in [0.29, 0.717) is 17.9 Å². The molecule has 0 fully saturated rings. The zero-order chi connectivity index (χ0) is 8.97. The van der Waals surface area contributed by atoms with Gasteiger partial charge in [-0.25, -0.2) is 0 Å². The largest absolute Gasteiger partial charge is 0.438 e. The molecule has 0 aliphatic heterocycles. The van der Waals surface area contributed by atoms with Crippen molar-refractivity contribution in [1.29, 1.82) is 0 Å². The first-order chi connectivity index (χ1) is 5.74. The van der Waals surface area contributed by atoms with Gasteiger partial charge in [0.05, 0.1) is 6.20 Å². The SMILES string of the molecule is CC(C)c1cnc(OCSS)o1. The van der Waals surface area contributed by atoms with Gasteiger partial charge in [-0.15, -0.1) is 11.7 Å². The summed E-state index contributed by atoms with van der Waals surface area (Å²) in [5, 5.41) is 0. The van der Waals surface area contributed by atoms with Crippen LogP contribution in [0.2, 0.25) is 0 Å². The van der Waals surface area contributed by atoms with E-state index in [1.165, 1.54) is 10.8 Å². The Morgan fingerprint density at radius 3 is 3.00 bits per heavy atom. The first-order valence-corrected chi connectivity index (χ1v) is 5.62. The first kappa shape index (κ1) is 9.80. The van der Waals surface area contributed by atoms with Gasteiger partial charge < -0.3 is 9.15 Å². The second kappa shape index (κ2) is 4.67. The van der Waals surface area contributed by atoms with Gasteiger partial charge >= 0.3 is 6.08 Å². The number of ether oxygens (including phenoxy) is 1. The Hall–Kier alpha value is -0.290. The smallest absolute Gasteiger partial charge is 0.394 e. The molecule has 0 N–H and O–H groups in total. The molecule has 68 valence electrons. The molecule has 3 nitrogen and oxygen atoms in total. The van der Waals surface area contributed by atoms with E-state index in [1.807, 2.05) is 13.8 Å². The van der Waals surface area contributed by atoms with Crippen LogP contribution >= 0.6 is 22.5 Å². The van der Waals surface area contributed by atoms with Crippen molar-refractivity contribution in [2.45, 2.75) is 19.8 Å². The van der Waals surface area contributed by atoms with Crippen LogP contribution in [0, 0.1) is 0 Å². The van der Waals surface area contributed by atoms with E-state index >= 15 is 0 Å². The van der Waals surface area contributed by atoms with Crippen LogP contribution < -0.4 is 4.74 Å². The minimum atomic E-state index is 0.320. The molecule has 0 atom stereocenters. The van der Waals surface area contributed by atoms with Gasteiger partial charge in [-0.05, 0) is 0 Å². The van der Waals surface area contributed by atoms with E-state index in [0.717, 1.165) is 5.76 Å². The standard InChI is InChI=1S/C7H11NO2S2/c1-5(2)6-3-8-7(10-6)9-4-12-11/h3,5,11H,4H2,1-2H3. The lowest BCUT2D eigenvalue weighted by Gasteiger charge is -1.97. The van der Waals surface area contributed by atoms with Crippen molar-refractivity contribution in [2.75, 3.05) is 5.94 Å². The van der Waals surface area contributed by atoms with Gasteiger partial charge in [0.15, 0.2) is 0 Å². The number of rotatable bonds is 4. The molecule has 1 rings (SSSR count). The van der Waals surface area contributed by atoms with E-state index < -0.39 is 0 Å². The van der Waals surface area contributed by atoms with Crippen molar-refractivity contribution >= 4 is 22.5 Å². The van der Waals surface area contributed by atoms with Crippen molar-refractivity contribution in [3.63, 3.8) is 0 Å². The van der Waals surface area contributed by atoms with Gasteiger partial charge in [0.1, 0.15) is 11.7 Å². The molecule has 0 amide bonds. The minimum absolute atomic E-state index is 0.320. The van der Waals surface area contributed by atoms with E-state index in [-0.39, 0.29) is 0 Å². The van der Waals surface area contributed by atoms with Gasteiger partial charge in [-0.2, -0.15) is 4.98 Å². The van der Waals surface area contributed by atoms with Gasteiger partial charge in [-0.3, -0.25) is 0 Å². The highest BCUT2D eigenvalue weighted by molar-refractivity contribution is 8.68. The van der Waals surface area contributed by atoms with Crippen molar-refractivity contribution < 1.29 is 9.15 Å². The third kappa shape index (κ3) is 2.64. The van der Waals surface area contributed by atoms with Gasteiger partial charge in [0, 0.05) is 5.92 Å². The molecule has 12 heavy (non-hydrogen) atoms. The summed E-state index contributed by atoms with van der Waals surface area (Å²) in [6.45, 7) is 4.08. The maximum absolute atomic E-state index is 5.27. The third-order valence-electron chi connectivity index (χ3n) is 1.31. The summed E-state index contributed by atoms with van der Waals surface area (Å²) >= 11 is 3.92. The maximum atomic E-state index is 5.27. The zero-order valence-electron chi connectivity index (χ0n) is 6.98. The summed E-state index contributed by atoms with van der Waals surface area (Å²) in [6, 6.07) is 0. The van der Waals surface area contributed by atoms with Crippen molar-refractivity contribution in [1.82, 2.24) is 4.98 Å². The Kier molecular flexibility index (Phi) is 3.81. The number of hydrogen-bond donors (Lipinski definition) is 1. The first-order valence-electron chi connectivity index (χ1n) is 3.59. The third-order valence-corrected chi connectivity index (χ3v) is 1.85. The van der Waals surface area contributed by atoms with Crippen LogP contribution in [0.25, 0.3) is 0 Å². The lowest BCUT2D eigenvalue weighted by atomic mass is 10.2. The fraction of sp³-hybridized carbons (Fsp3) is 0.571. The molecule has 1 aromatic heterocycles. The van der Waals surface area contributed by atoms with Gasteiger partial charge in [-0.1, -0.05) is 24.6 Å². The molecule has 1 aromatic rings. The summed E-state index contributed by atoms with van der Waals surface area (Å²) in [5.41, 5.74) is 0. The average Bonchev–Trinajstić information content (AvgIpc) is 2.48. The molecule has 0 spiro atoms. The van der Waals surface area contributed by atoms with Crippen LogP contribution in [-0.2, 0) is 0 Å². The highest BCUT2D eigenvalue weighted by Gasteiger charge is 2.07. The number of oxazole rings is 1. The second-order valence-corrected chi connectivity index (χ2v) is 3.84. The summed E-state index contributed by atoms with van der Waals surface area (Å²) in [4.78, 5) is 3.94. The summed E-state index contributed by atoms with van der Waals surface area (Å²) in [6.07, 6.45) is 2.00. The van der Waals surface area contributed by atoms with Crippen LogP contribution in [0.5, 0.6) is 6.08 Å². The Bertz CT molecular complexity index is 237. The van der Waals surface area contributed by atoms with Crippen LogP contribution in [0.4, 0.5) is 0 Å². The topological polar surface area (TPSA) is 35.3 Å². The molecule has 0 bridgehead atoms. The van der Waals surface area contributed by atoms with Gasteiger partial charge in [0.25, 0.3) is 0 Å². The normalized spacial score (nSPS) is 10.7. The number of aromatic nitrogens is 1. The van der Waals surface area contributed by atoms with Crippen molar-refractivity contribution in [3.8, 4) is 6.08 Å². The van der Waals surface area contributed by atoms with Gasteiger partial charge in [0.2, 0.25) is 0 Å². The number of hydrogen-bond acceptors (Lipinski definition) is 5. The molecule has 0 saturated carbocycles. The molecule has 0 radical (unpaired) electrons. The lowest BCUT2D eigenvalue weighted by Crippen LogP contribution is -1.89. The van der Waals surface area contributed by atoms with Crippen molar-refractivity contribution in [2.24, 2.45) is 0 Å². The van der Waals surface area contributed by atoms with Crippen molar-refractivity contribution in [3.05, 3.63) is 12.0 Å². The van der Waals surface area contributed by atoms with Crippen LogP contribution in [-0.4, -0.2) is 10.9 Å². The van der Waals surface area contributed by atoms with Crippen LogP contribution in [0.1, 0.15) is 25.5 Å². The summed E-state index contributed by atoms with van der Waals surface area (Å²) in [7, 11) is 1.29. The van der Waals surface area contributed by atoms with E-state index in [2.05, 4.69) is 16.6 Å². The Balaban J connectivity index is 2.52. The molecule has 0 aliphatic carbocycles. The molecule has 0 aliphatic rings. The molecule has 0 aromatic carbocycles. The van der Waals surface area contributed by atoms with E-state index in [4.69, 9.17) is 9.15 Å². The maximum Gasteiger partial charge on any atom is 0.394 e. The Morgan fingerprint density at radius 1 is 1.75 bits per heavy atom. The average molecular weight is 205 g/mol. The Labute approximate surface area is 80.7 Å². The second-order valence-electron chi connectivity index (χ2n) is 2.57. The minimum Gasteiger partial charge on any atom is -0.438 e. The predicted octanol–water partition coefficient (Wildman–Crippen LogP) is 2.71. The monoisotopic (exact) mass is 205 g/mol. The fourth-order valence-electron chi connectivity index (χ4n) is 0.680. The summed E-state index contributed by atoms with van der Waals surface area (Å²) in [5.74, 6) is 1.63. The van der Waals surface area contributed by atoms with E-state index in [1.54, 1.807) is 6.20 Å². The summed E-state index contributed by atoms with van der Waals surface area (Å²) < 4.78 is 10.4.